The molecule has 1 saturated heterocycles. The molecule has 2 N–H and O–H groups in total. The first-order valence-electron chi connectivity index (χ1n) is 10.9. The van der Waals surface area contributed by atoms with Crippen LogP contribution in [0.4, 0.5) is 0 Å². The van der Waals surface area contributed by atoms with E-state index in [1.165, 1.54) is 23.8 Å². The first kappa shape index (κ1) is 21.0. The molecule has 0 saturated carbocycles. The maximum atomic E-state index is 12.8. The second-order valence-corrected chi connectivity index (χ2v) is 9.31. The van der Waals surface area contributed by atoms with Crippen molar-refractivity contribution in [2.75, 3.05) is 13.1 Å². The van der Waals surface area contributed by atoms with E-state index in [1.54, 1.807) is 30.3 Å². The normalized spacial score (nSPS) is 15.3. The van der Waals surface area contributed by atoms with Crippen molar-refractivity contribution >= 4 is 37.9 Å². The molecule has 4 aromatic rings. The highest BCUT2D eigenvalue weighted by molar-refractivity contribution is 9.10. The smallest absolute Gasteiger partial charge is 0.344 e. The lowest BCUT2D eigenvalue weighted by molar-refractivity contribution is -0.913. The van der Waals surface area contributed by atoms with Gasteiger partial charge in [-0.15, -0.1) is 0 Å². The van der Waals surface area contributed by atoms with E-state index in [4.69, 9.17) is 8.83 Å². The Bertz CT molecular complexity index is 1430. The molecule has 5 rings (SSSR count). The van der Waals surface area contributed by atoms with Crippen LogP contribution in [0, 0.1) is 0 Å². The molecule has 164 valence electrons. The molecule has 7 heteroatoms. The molecule has 0 atom stereocenters. The zero-order valence-corrected chi connectivity index (χ0v) is 19.0. The SMILES string of the molecule is O=c1cc(-c2cc3cc(Br)ccc3oc2=O)c2ccc(O)c(C[NH+]3CCCCCC3)c2o1. The van der Waals surface area contributed by atoms with Gasteiger partial charge in [-0.1, -0.05) is 15.9 Å². The fourth-order valence-electron chi connectivity index (χ4n) is 4.60. The van der Waals surface area contributed by atoms with E-state index in [-0.39, 0.29) is 11.3 Å². The number of benzene rings is 2. The van der Waals surface area contributed by atoms with Crippen molar-refractivity contribution in [3.63, 3.8) is 0 Å². The molecule has 6 nitrogen and oxygen atoms in total. The van der Waals surface area contributed by atoms with Gasteiger partial charge in [-0.05, 0) is 62.1 Å². The van der Waals surface area contributed by atoms with Gasteiger partial charge in [0.25, 0.3) is 0 Å². The van der Waals surface area contributed by atoms with Crippen molar-refractivity contribution in [2.24, 2.45) is 0 Å². The highest BCUT2D eigenvalue weighted by Crippen LogP contribution is 2.33. The number of nitrogens with one attached hydrogen (secondary N) is 1. The van der Waals surface area contributed by atoms with Crippen molar-refractivity contribution < 1.29 is 18.8 Å². The average molecular weight is 497 g/mol. The Morgan fingerprint density at radius 1 is 0.906 bits per heavy atom. The van der Waals surface area contributed by atoms with Gasteiger partial charge in [0.2, 0.25) is 0 Å². The number of hydrogen-bond donors (Lipinski definition) is 2. The molecule has 1 aliphatic rings. The number of aromatic hydroxyl groups is 1. The Balaban J connectivity index is 1.70. The Labute approximate surface area is 192 Å². The molecular weight excluding hydrogens is 474 g/mol. The lowest BCUT2D eigenvalue weighted by atomic mass is 9.99. The van der Waals surface area contributed by atoms with Crippen LogP contribution in [-0.2, 0) is 6.54 Å². The number of fused-ring (bicyclic) bond motifs is 2. The predicted octanol–water partition coefficient (Wildman–Crippen LogP) is 3.99. The van der Waals surface area contributed by atoms with Crippen LogP contribution >= 0.6 is 15.9 Å². The van der Waals surface area contributed by atoms with Crippen LogP contribution in [0.5, 0.6) is 5.75 Å². The minimum absolute atomic E-state index is 0.101. The van der Waals surface area contributed by atoms with Gasteiger partial charge < -0.3 is 18.8 Å². The van der Waals surface area contributed by atoms with Gasteiger partial charge in [0, 0.05) is 26.9 Å². The number of likely N-dealkylation sites (tertiary alicyclic amines) is 1. The molecule has 1 fully saturated rings. The third-order valence-electron chi connectivity index (χ3n) is 6.21. The fourth-order valence-corrected chi connectivity index (χ4v) is 4.98. The number of quaternary nitrogens is 1. The second-order valence-electron chi connectivity index (χ2n) is 8.39. The molecule has 0 amide bonds. The van der Waals surface area contributed by atoms with Crippen LogP contribution < -0.4 is 16.2 Å². The summed E-state index contributed by atoms with van der Waals surface area (Å²) in [4.78, 5) is 26.7. The molecule has 0 radical (unpaired) electrons. The van der Waals surface area contributed by atoms with Gasteiger partial charge in [-0.25, -0.2) is 9.59 Å². The van der Waals surface area contributed by atoms with Gasteiger partial charge in [-0.2, -0.15) is 0 Å². The molecule has 2 aromatic heterocycles. The van der Waals surface area contributed by atoms with E-state index in [1.807, 2.05) is 6.07 Å². The predicted molar refractivity (Wildman–Crippen MR) is 126 cm³/mol. The Morgan fingerprint density at radius 2 is 1.69 bits per heavy atom. The van der Waals surface area contributed by atoms with Crippen molar-refractivity contribution in [3.05, 3.63) is 73.3 Å². The number of phenols is 1. The van der Waals surface area contributed by atoms with Crippen LogP contribution in [0.25, 0.3) is 33.1 Å². The number of halogens is 1. The minimum Gasteiger partial charge on any atom is -0.507 e. The Morgan fingerprint density at radius 3 is 2.47 bits per heavy atom. The third kappa shape index (κ3) is 3.98. The van der Waals surface area contributed by atoms with Gasteiger partial charge in [0.15, 0.2) is 5.58 Å². The van der Waals surface area contributed by atoms with Crippen molar-refractivity contribution in [1.29, 1.82) is 0 Å². The number of rotatable bonds is 3. The van der Waals surface area contributed by atoms with Crippen LogP contribution in [0.1, 0.15) is 31.2 Å². The van der Waals surface area contributed by atoms with E-state index < -0.39 is 11.3 Å². The monoisotopic (exact) mass is 496 g/mol. The molecule has 1 aliphatic heterocycles. The summed E-state index contributed by atoms with van der Waals surface area (Å²) in [5.41, 5.74) is 1.03. The van der Waals surface area contributed by atoms with Gasteiger partial charge in [0.1, 0.15) is 17.9 Å². The Kier molecular flexibility index (Phi) is 5.61. The lowest BCUT2D eigenvalue weighted by Gasteiger charge is -2.18. The van der Waals surface area contributed by atoms with E-state index in [0.717, 1.165) is 35.8 Å². The summed E-state index contributed by atoms with van der Waals surface area (Å²) in [6, 6.07) is 11.7. The molecular formula is C25H23BrNO5+. The molecule has 0 spiro atoms. The van der Waals surface area contributed by atoms with E-state index in [9.17, 15) is 14.7 Å². The quantitative estimate of drug-likeness (QED) is 0.418. The summed E-state index contributed by atoms with van der Waals surface area (Å²) in [5, 5.41) is 12.0. The minimum atomic E-state index is -0.570. The van der Waals surface area contributed by atoms with Crippen LogP contribution in [0.3, 0.4) is 0 Å². The topological polar surface area (TPSA) is 85.1 Å². The summed E-state index contributed by atoms with van der Waals surface area (Å²) in [7, 11) is 0. The Hall–Kier alpha value is -2.90. The fraction of sp³-hybridized carbons (Fsp3) is 0.280. The zero-order valence-electron chi connectivity index (χ0n) is 17.4. The molecule has 0 unspecified atom stereocenters. The van der Waals surface area contributed by atoms with Crippen LogP contribution in [0.2, 0.25) is 0 Å². The summed E-state index contributed by atoms with van der Waals surface area (Å²) in [6.45, 7) is 2.60. The highest BCUT2D eigenvalue weighted by atomic mass is 79.9. The van der Waals surface area contributed by atoms with Crippen molar-refractivity contribution in [1.82, 2.24) is 0 Å². The molecule has 3 heterocycles. The van der Waals surface area contributed by atoms with E-state index in [2.05, 4.69) is 15.9 Å². The van der Waals surface area contributed by atoms with Crippen LogP contribution in [0.15, 0.2) is 65.4 Å². The average Bonchev–Trinajstić information content (AvgIpc) is 3.04. The first-order chi connectivity index (χ1) is 15.5. The maximum absolute atomic E-state index is 12.8. The lowest BCUT2D eigenvalue weighted by Crippen LogP contribution is -3.10. The second kappa shape index (κ2) is 8.56. The van der Waals surface area contributed by atoms with Crippen molar-refractivity contribution in [2.45, 2.75) is 32.2 Å². The molecule has 2 aromatic carbocycles. The maximum Gasteiger partial charge on any atom is 0.344 e. The van der Waals surface area contributed by atoms with Crippen LogP contribution in [-0.4, -0.2) is 18.2 Å². The van der Waals surface area contributed by atoms with Gasteiger partial charge in [-0.3, -0.25) is 0 Å². The zero-order chi connectivity index (χ0) is 22.2. The van der Waals surface area contributed by atoms with Crippen molar-refractivity contribution in [3.8, 4) is 16.9 Å². The number of phenolic OH excluding ortho intramolecular Hbond substituents is 1. The summed E-state index contributed by atoms with van der Waals surface area (Å²) >= 11 is 3.44. The third-order valence-corrected chi connectivity index (χ3v) is 6.71. The highest BCUT2D eigenvalue weighted by Gasteiger charge is 2.21. The first-order valence-corrected chi connectivity index (χ1v) is 11.6. The largest absolute Gasteiger partial charge is 0.507 e. The van der Waals surface area contributed by atoms with Gasteiger partial charge in [0.05, 0.1) is 24.2 Å². The van der Waals surface area contributed by atoms with Gasteiger partial charge >= 0.3 is 11.3 Å². The summed E-state index contributed by atoms with van der Waals surface area (Å²) in [5.74, 6) is 0.101. The van der Waals surface area contributed by atoms with E-state index in [0.29, 0.717) is 34.2 Å². The molecule has 32 heavy (non-hydrogen) atoms. The number of hydrogen-bond acceptors (Lipinski definition) is 5. The standard InChI is InChI=1S/C25H22BrNO5/c26-16-5-8-22-15(11-16)12-19(25(30)31-22)18-13-23(29)32-24-17(18)6-7-21(28)20(24)14-27-9-3-1-2-4-10-27/h5-8,11-13,28H,1-4,9-10,14H2/p+1. The van der Waals surface area contributed by atoms with E-state index >= 15 is 0 Å². The summed E-state index contributed by atoms with van der Waals surface area (Å²) < 4.78 is 12.0. The molecule has 0 aliphatic carbocycles. The molecule has 0 bridgehead atoms. The summed E-state index contributed by atoms with van der Waals surface area (Å²) in [6.07, 6.45) is 4.73.